The molecule has 1 unspecified atom stereocenters. The maximum absolute atomic E-state index is 12.5. The Kier molecular flexibility index (Phi) is 6.68. The van der Waals surface area contributed by atoms with Crippen molar-refractivity contribution in [1.29, 1.82) is 0 Å². The lowest BCUT2D eigenvalue weighted by molar-refractivity contribution is -0.899. The second-order valence-corrected chi connectivity index (χ2v) is 6.68. The van der Waals surface area contributed by atoms with Gasteiger partial charge in [0.15, 0.2) is 6.54 Å². The normalized spacial score (nSPS) is 19.7. The van der Waals surface area contributed by atoms with E-state index in [1.165, 1.54) is 6.07 Å². The largest absolute Gasteiger partial charge is 0.466 e. The number of likely N-dealkylation sites (tertiary alicyclic amines) is 1. The summed E-state index contributed by atoms with van der Waals surface area (Å²) in [6.45, 7) is 7.22. The van der Waals surface area contributed by atoms with Crippen molar-refractivity contribution in [1.82, 2.24) is 0 Å². The summed E-state index contributed by atoms with van der Waals surface area (Å²) in [5, 5.41) is 13.9. The van der Waals surface area contributed by atoms with Crippen molar-refractivity contribution in [2.75, 3.05) is 31.6 Å². The Morgan fingerprint density at radius 2 is 2.12 bits per heavy atom. The first-order valence-corrected chi connectivity index (χ1v) is 8.88. The van der Waals surface area contributed by atoms with Crippen molar-refractivity contribution in [2.45, 2.75) is 33.6 Å². The minimum absolute atomic E-state index is 0.112. The van der Waals surface area contributed by atoms with Crippen molar-refractivity contribution < 1.29 is 24.1 Å². The van der Waals surface area contributed by atoms with Crippen molar-refractivity contribution >= 4 is 23.3 Å². The summed E-state index contributed by atoms with van der Waals surface area (Å²) in [5.74, 6) is -0.696. The van der Waals surface area contributed by atoms with Crippen LogP contribution in [-0.2, 0) is 14.3 Å². The lowest BCUT2D eigenvalue weighted by Gasteiger charge is -2.28. The van der Waals surface area contributed by atoms with Crippen LogP contribution in [0.3, 0.4) is 0 Å². The summed E-state index contributed by atoms with van der Waals surface area (Å²) >= 11 is 0. The summed E-state index contributed by atoms with van der Waals surface area (Å²) in [6.07, 6.45) is 1.61. The zero-order valence-electron chi connectivity index (χ0n) is 15.5. The number of benzene rings is 1. The van der Waals surface area contributed by atoms with Crippen LogP contribution < -0.4 is 10.2 Å². The van der Waals surface area contributed by atoms with E-state index in [1.54, 1.807) is 19.9 Å². The molecule has 1 amide bonds. The van der Waals surface area contributed by atoms with Crippen molar-refractivity contribution in [3.8, 4) is 0 Å². The van der Waals surface area contributed by atoms with Crippen LogP contribution in [0, 0.1) is 29.9 Å². The number of nitro groups is 1. The number of aryl methyl sites for hydroxylation is 1. The first-order valence-electron chi connectivity index (χ1n) is 8.88. The molecule has 0 aromatic heterocycles. The van der Waals surface area contributed by atoms with Crippen LogP contribution in [0.2, 0.25) is 0 Å². The fourth-order valence-corrected chi connectivity index (χ4v) is 3.30. The van der Waals surface area contributed by atoms with E-state index in [4.69, 9.17) is 4.74 Å². The van der Waals surface area contributed by atoms with Gasteiger partial charge in [0, 0.05) is 6.07 Å². The molecule has 8 heteroatoms. The molecule has 0 saturated carbocycles. The van der Waals surface area contributed by atoms with Crippen molar-refractivity contribution in [3.05, 3.63) is 33.4 Å². The number of quaternary nitrogens is 1. The number of carbonyl (C=O) groups is 2. The number of piperidine rings is 1. The van der Waals surface area contributed by atoms with E-state index in [0.717, 1.165) is 29.8 Å². The number of amides is 1. The van der Waals surface area contributed by atoms with Gasteiger partial charge >= 0.3 is 5.97 Å². The number of ether oxygens (including phenoxy) is 1. The average Bonchev–Trinajstić information content (AvgIpc) is 2.59. The Morgan fingerprint density at radius 3 is 2.77 bits per heavy atom. The second-order valence-electron chi connectivity index (χ2n) is 6.68. The van der Waals surface area contributed by atoms with Gasteiger partial charge in [-0.1, -0.05) is 6.07 Å². The molecule has 8 nitrogen and oxygen atoms in total. The minimum Gasteiger partial charge on any atom is -0.466 e. The van der Waals surface area contributed by atoms with E-state index < -0.39 is 4.92 Å². The van der Waals surface area contributed by atoms with E-state index in [-0.39, 0.29) is 35.7 Å². The van der Waals surface area contributed by atoms with Gasteiger partial charge in [-0.25, -0.2) is 0 Å². The third-order valence-electron chi connectivity index (χ3n) is 4.82. The highest BCUT2D eigenvalue weighted by atomic mass is 16.6. The molecule has 0 spiro atoms. The smallest absolute Gasteiger partial charge is 0.314 e. The number of anilines is 1. The first-order chi connectivity index (χ1) is 12.3. The van der Waals surface area contributed by atoms with Crippen molar-refractivity contribution in [2.24, 2.45) is 5.92 Å². The number of carbonyl (C=O) groups excluding carboxylic acids is 2. The maximum atomic E-state index is 12.5. The van der Waals surface area contributed by atoms with Gasteiger partial charge in [-0.15, -0.1) is 0 Å². The van der Waals surface area contributed by atoms with E-state index in [1.807, 2.05) is 6.92 Å². The molecule has 0 aliphatic carbocycles. The number of esters is 1. The fraction of sp³-hybridized carbons (Fsp3) is 0.556. The van der Waals surface area contributed by atoms with Crippen LogP contribution in [0.5, 0.6) is 0 Å². The van der Waals surface area contributed by atoms with Gasteiger partial charge in [-0.05, 0) is 44.7 Å². The quantitative estimate of drug-likeness (QED) is 0.445. The maximum Gasteiger partial charge on any atom is 0.314 e. The van der Waals surface area contributed by atoms with E-state index in [2.05, 4.69) is 5.32 Å². The summed E-state index contributed by atoms with van der Waals surface area (Å²) in [7, 11) is 0. The number of rotatable bonds is 6. The number of nitrogens with one attached hydrogen (secondary N) is 2. The lowest BCUT2D eigenvalue weighted by atomic mass is 9.98. The van der Waals surface area contributed by atoms with Gasteiger partial charge in [-0.3, -0.25) is 19.7 Å². The number of nitrogens with zero attached hydrogens (tertiary/aromatic N) is 1. The van der Waals surface area contributed by atoms with E-state index in [0.29, 0.717) is 18.7 Å². The molecule has 142 valence electrons. The highest BCUT2D eigenvalue weighted by molar-refractivity contribution is 5.95. The van der Waals surface area contributed by atoms with E-state index >= 15 is 0 Å². The molecule has 1 fully saturated rings. The third-order valence-corrected chi connectivity index (χ3v) is 4.82. The third kappa shape index (κ3) is 4.78. The highest BCUT2D eigenvalue weighted by Gasteiger charge is 2.31. The molecule has 2 N–H and O–H groups in total. The predicted octanol–water partition coefficient (Wildman–Crippen LogP) is 1.01. The predicted molar refractivity (Wildman–Crippen MR) is 96.1 cm³/mol. The topological polar surface area (TPSA) is 103 Å². The van der Waals surface area contributed by atoms with Crippen LogP contribution in [0.4, 0.5) is 11.4 Å². The van der Waals surface area contributed by atoms with Crippen LogP contribution in [0.15, 0.2) is 12.1 Å². The fourth-order valence-electron chi connectivity index (χ4n) is 3.30. The standard InChI is InChI=1S/C18H25N3O5/c1-4-26-18(23)14-6-5-9-20(10-14)11-16(22)19-17-13(3)12(2)7-8-15(17)21(24)25/h7-8,14H,4-6,9-11H2,1-3H3,(H,19,22)/p+1/t14-/m0/s1. The molecule has 0 bridgehead atoms. The Morgan fingerprint density at radius 1 is 1.38 bits per heavy atom. The second kappa shape index (κ2) is 8.75. The van der Waals surface area contributed by atoms with Crippen LogP contribution >= 0.6 is 0 Å². The van der Waals surface area contributed by atoms with Gasteiger partial charge in [0.25, 0.3) is 11.6 Å². The van der Waals surface area contributed by atoms with Gasteiger partial charge in [0.05, 0.1) is 24.6 Å². The Labute approximate surface area is 152 Å². The average molecular weight is 364 g/mol. The van der Waals surface area contributed by atoms with Gasteiger partial charge < -0.3 is 15.0 Å². The molecule has 2 atom stereocenters. The molecule has 1 aromatic rings. The molecule has 0 radical (unpaired) electrons. The molecule has 1 heterocycles. The molecule has 1 aliphatic rings. The SMILES string of the molecule is CCOC(=O)[C@H]1CCC[NH+](CC(=O)Nc2c([N+](=O)[O-])ccc(C)c2C)C1. The molecule has 1 aliphatic heterocycles. The number of hydrogen-bond acceptors (Lipinski definition) is 5. The number of hydrogen-bond donors (Lipinski definition) is 2. The van der Waals surface area contributed by atoms with Gasteiger partial charge in [0.1, 0.15) is 11.6 Å². The highest BCUT2D eigenvalue weighted by Crippen LogP contribution is 2.30. The minimum atomic E-state index is -0.493. The lowest BCUT2D eigenvalue weighted by Crippen LogP contribution is -3.14. The molecule has 1 saturated heterocycles. The zero-order valence-corrected chi connectivity index (χ0v) is 15.5. The Hall–Kier alpha value is -2.48. The molecular weight excluding hydrogens is 338 g/mol. The first kappa shape index (κ1) is 19.8. The Balaban J connectivity index is 2.04. The summed E-state index contributed by atoms with van der Waals surface area (Å²) in [5.41, 5.74) is 1.70. The molecule has 26 heavy (non-hydrogen) atoms. The van der Waals surface area contributed by atoms with E-state index in [9.17, 15) is 19.7 Å². The van der Waals surface area contributed by atoms with Crippen LogP contribution in [-0.4, -0.2) is 43.0 Å². The molecule has 2 rings (SSSR count). The van der Waals surface area contributed by atoms with Crippen molar-refractivity contribution in [3.63, 3.8) is 0 Å². The van der Waals surface area contributed by atoms with Crippen LogP contribution in [0.1, 0.15) is 30.9 Å². The number of nitro benzene ring substituents is 1. The zero-order chi connectivity index (χ0) is 19.3. The monoisotopic (exact) mass is 364 g/mol. The molecule has 1 aromatic carbocycles. The summed E-state index contributed by atoms with van der Waals surface area (Å²) < 4.78 is 5.07. The van der Waals surface area contributed by atoms with Crippen LogP contribution in [0.25, 0.3) is 0 Å². The van der Waals surface area contributed by atoms with Gasteiger partial charge in [0.2, 0.25) is 0 Å². The summed E-state index contributed by atoms with van der Waals surface area (Å²) in [4.78, 5) is 36.1. The Bertz CT molecular complexity index is 704. The molecular formula is C18H26N3O5+. The summed E-state index contributed by atoms with van der Waals surface area (Å²) in [6, 6.07) is 3.07. The van der Waals surface area contributed by atoms with Gasteiger partial charge in [-0.2, -0.15) is 0 Å².